The molecule has 0 aromatic carbocycles. The van der Waals surface area contributed by atoms with Gasteiger partial charge in [-0.05, 0) is 44.6 Å². The molecular weight excluding hydrogens is 308 g/mol. The Bertz CT molecular complexity index is 515. The van der Waals surface area contributed by atoms with Gasteiger partial charge in [0.25, 0.3) is 0 Å². The number of hydrogen-bond donors (Lipinski definition) is 0. The smallest absolute Gasteiger partial charge is 0.225 e. The second-order valence-electron chi connectivity index (χ2n) is 7.33. The molecular formula is C18H28N2O2S. The first kappa shape index (κ1) is 16.9. The molecule has 1 amide bonds. The summed E-state index contributed by atoms with van der Waals surface area (Å²) in [5.74, 6) is 0.488. The highest BCUT2D eigenvalue weighted by atomic mass is 32.1. The molecule has 2 aliphatic rings. The van der Waals surface area contributed by atoms with E-state index in [-0.39, 0.29) is 11.5 Å². The molecule has 4 nitrogen and oxygen atoms in total. The normalized spacial score (nSPS) is 26.0. The summed E-state index contributed by atoms with van der Waals surface area (Å²) in [4.78, 5) is 18.9. The molecule has 5 heteroatoms. The number of ether oxygens (including phenoxy) is 1. The van der Waals surface area contributed by atoms with E-state index in [1.165, 1.54) is 4.88 Å². The zero-order chi connectivity index (χ0) is 16.3. The minimum atomic E-state index is -0.157. The first-order valence-electron chi connectivity index (χ1n) is 8.71. The van der Waals surface area contributed by atoms with Crippen molar-refractivity contribution in [3.05, 3.63) is 22.4 Å². The summed E-state index contributed by atoms with van der Waals surface area (Å²) in [6.07, 6.45) is 2.79. The predicted molar refractivity (Wildman–Crippen MR) is 93.5 cm³/mol. The first-order valence-corrected chi connectivity index (χ1v) is 9.59. The molecule has 1 unspecified atom stereocenters. The van der Waals surface area contributed by atoms with Crippen LogP contribution in [0.4, 0.5) is 0 Å². The molecule has 0 bridgehead atoms. The van der Waals surface area contributed by atoms with Crippen LogP contribution in [0.2, 0.25) is 0 Å². The molecule has 3 rings (SSSR count). The molecule has 0 radical (unpaired) electrons. The van der Waals surface area contributed by atoms with Crippen LogP contribution in [0.1, 0.15) is 38.0 Å². The monoisotopic (exact) mass is 336 g/mol. The summed E-state index contributed by atoms with van der Waals surface area (Å²) in [5.41, 5.74) is -0.157. The maximum atomic E-state index is 12.9. The zero-order valence-corrected chi connectivity index (χ0v) is 15.1. The Balaban J connectivity index is 1.54. The zero-order valence-electron chi connectivity index (χ0n) is 14.3. The molecule has 128 valence electrons. The first-order chi connectivity index (χ1) is 11.0. The van der Waals surface area contributed by atoms with Gasteiger partial charge in [-0.3, -0.25) is 9.69 Å². The summed E-state index contributed by atoms with van der Waals surface area (Å²) in [7, 11) is 0. The summed E-state index contributed by atoms with van der Waals surface area (Å²) in [5, 5.41) is 2.13. The Labute approximate surface area is 143 Å². The lowest BCUT2D eigenvalue weighted by Crippen LogP contribution is -2.44. The van der Waals surface area contributed by atoms with Crippen molar-refractivity contribution in [2.24, 2.45) is 5.92 Å². The van der Waals surface area contributed by atoms with Crippen LogP contribution < -0.4 is 0 Å². The number of rotatable bonds is 3. The van der Waals surface area contributed by atoms with E-state index < -0.39 is 0 Å². The van der Waals surface area contributed by atoms with Gasteiger partial charge in [-0.2, -0.15) is 0 Å². The summed E-state index contributed by atoms with van der Waals surface area (Å²) >= 11 is 1.82. The molecule has 0 saturated carbocycles. The molecule has 2 aliphatic heterocycles. The fraction of sp³-hybridized carbons (Fsp3) is 0.722. The van der Waals surface area contributed by atoms with Gasteiger partial charge in [-0.25, -0.2) is 0 Å². The Kier molecular flexibility index (Phi) is 5.39. The highest BCUT2D eigenvalue weighted by Crippen LogP contribution is 2.30. The third-order valence-corrected chi connectivity index (χ3v) is 5.77. The van der Waals surface area contributed by atoms with E-state index in [2.05, 4.69) is 41.2 Å². The Morgan fingerprint density at radius 1 is 1.35 bits per heavy atom. The molecule has 1 aromatic rings. The second-order valence-corrected chi connectivity index (χ2v) is 8.36. The lowest BCUT2D eigenvalue weighted by atomic mass is 9.87. The minimum Gasteiger partial charge on any atom is -0.376 e. The molecule has 2 fully saturated rings. The molecule has 23 heavy (non-hydrogen) atoms. The van der Waals surface area contributed by atoms with E-state index >= 15 is 0 Å². The quantitative estimate of drug-likeness (QED) is 0.851. The topological polar surface area (TPSA) is 32.8 Å². The van der Waals surface area contributed by atoms with Crippen LogP contribution >= 0.6 is 11.3 Å². The van der Waals surface area contributed by atoms with Crippen LogP contribution in [0.25, 0.3) is 0 Å². The fourth-order valence-electron chi connectivity index (χ4n) is 3.67. The van der Waals surface area contributed by atoms with Gasteiger partial charge >= 0.3 is 0 Å². The molecule has 1 aromatic heterocycles. The van der Waals surface area contributed by atoms with Crippen LogP contribution in [0.3, 0.4) is 0 Å². The Morgan fingerprint density at radius 2 is 2.22 bits per heavy atom. The fourth-order valence-corrected chi connectivity index (χ4v) is 4.42. The number of hydrogen-bond acceptors (Lipinski definition) is 4. The SMILES string of the molecule is CC1(C)CC(C(=O)N2CCCN(Cc3cccs3)CC2)CCO1. The van der Waals surface area contributed by atoms with Crippen molar-refractivity contribution in [2.45, 2.75) is 45.3 Å². The van der Waals surface area contributed by atoms with Crippen LogP contribution in [0, 0.1) is 5.92 Å². The molecule has 3 heterocycles. The van der Waals surface area contributed by atoms with Gasteiger partial charge in [0.05, 0.1) is 5.60 Å². The number of carbonyl (C=O) groups is 1. The molecule has 0 spiro atoms. The highest BCUT2D eigenvalue weighted by molar-refractivity contribution is 7.09. The summed E-state index contributed by atoms with van der Waals surface area (Å²) in [6.45, 7) is 9.75. The van der Waals surface area contributed by atoms with Crippen molar-refractivity contribution in [1.82, 2.24) is 9.80 Å². The molecule has 1 atom stereocenters. The van der Waals surface area contributed by atoms with Crippen molar-refractivity contribution in [3.63, 3.8) is 0 Å². The Hall–Kier alpha value is -0.910. The van der Waals surface area contributed by atoms with Gasteiger partial charge in [0.1, 0.15) is 0 Å². The lowest BCUT2D eigenvalue weighted by molar-refractivity contribution is -0.145. The molecule has 0 aliphatic carbocycles. The van der Waals surface area contributed by atoms with E-state index in [1.54, 1.807) is 0 Å². The summed E-state index contributed by atoms with van der Waals surface area (Å²) in [6, 6.07) is 4.31. The summed E-state index contributed by atoms with van der Waals surface area (Å²) < 4.78 is 5.76. The van der Waals surface area contributed by atoms with Gasteiger partial charge in [0, 0.05) is 50.1 Å². The van der Waals surface area contributed by atoms with Crippen molar-refractivity contribution in [1.29, 1.82) is 0 Å². The number of thiophene rings is 1. The van der Waals surface area contributed by atoms with E-state index in [0.717, 1.165) is 52.0 Å². The van der Waals surface area contributed by atoms with Gasteiger partial charge in [-0.1, -0.05) is 6.07 Å². The average molecular weight is 337 g/mol. The molecule has 2 saturated heterocycles. The van der Waals surface area contributed by atoms with Crippen LogP contribution in [0.15, 0.2) is 17.5 Å². The largest absolute Gasteiger partial charge is 0.376 e. The van der Waals surface area contributed by atoms with Crippen LogP contribution in [-0.2, 0) is 16.1 Å². The van der Waals surface area contributed by atoms with Crippen LogP contribution in [-0.4, -0.2) is 54.1 Å². The Morgan fingerprint density at radius 3 is 2.96 bits per heavy atom. The van der Waals surface area contributed by atoms with Crippen molar-refractivity contribution in [2.75, 3.05) is 32.8 Å². The maximum absolute atomic E-state index is 12.9. The third kappa shape index (κ3) is 4.55. The van der Waals surface area contributed by atoms with Crippen molar-refractivity contribution in [3.8, 4) is 0 Å². The predicted octanol–water partition coefficient (Wildman–Crippen LogP) is 2.99. The van der Waals surface area contributed by atoms with E-state index in [0.29, 0.717) is 12.5 Å². The van der Waals surface area contributed by atoms with Gasteiger partial charge < -0.3 is 9.64 Å². The number of carbonyl (C=O) groups excluding carboxylic acids is 1. The van der Waals surface area contributed by atoms with Crippen molar-refractivity contribution < 1.29 is 9.53 Å². The minimum absolute atomic E-state index is 0.141. The maximum Gasteiger partial charge on any atom is 0.225 e. The van der Waals surface area contributed by atoms with Crippen molar-refractivity contribution >= 4 is 17.2 Å². The third-order valence-electron chi connectivity index (χ3n) is 4.91. The number of nitrogens with zero attached hydrogens (tertiary/aromatic N) is 2. The van der Waals surface area contributed by atoms with Gasteiger partial charge in [-0.15, -0.1) is 11.3 Å². The lowest BCUT2D eigenvalue weighted by Gasteiger charge is -2.37. The van der Waals surface area contributed by atoms with Gasteiger partial charge in [0.2, 0.25) is 5.91 Å². The van der Waals surface area contributed by atoms with E-state index in [9.17, 15) is 4.79 Å². The standard InChI is InChI=1S/C18H28N2O2S/c1-18(2)13-15(6-11-22-18)17(21)20-8-4-7-19(9-10-20)14-16-5-3-12-23-16/h3,5,12,15H,4,6-11,13-14H2,1-2H3. The average Bonchev–Trinajstić information content (AvgIpc) is 2.90. The number of amides is 1. The second kappa shape index (κ2) is 7.32. The van der Waals surface area contributed by atoms with Gasteiger partial charge in [0.15, 0.2) is 0 Å². The molecule has 0 N–H and O–H groups in total. The van der Waals surface area contributed by atoms with E-state index in [1.807, 2.05) is 11.3 Å². The van der Waals surface area contributed by atoms with Crippen LogP contribution in [0.5, 0.6) is 0 Å². The van der Waals surface area contributed by atoms with E-state index in [4.69, 9.17) is 4.74 Å². The highest BCUT2D eigenvalue weighted by Gasteiger charge is 2.35.